The van der Waals surface area contributed by atoms with Crippen molar-refractivity contribution in [2.24, 2.45) is 13.0 Å². The fourth-order valence-corrected chi connectivity index (χ4v) is 3.64. The van der Waals surface area contributed by atoms with Crippen molar-refractivity contribution in [2.75, 3.05) is 0 Å². The minimum atomic E-state index is -0.236. The third kappa shape index (κ3) is 3.02. The Morgan fingerprint density at radius 1 is 1.18 bits per heavy atom. The Labute approximate surface area is 163 Å². The molecule has 0 aliphatic carbocycles. The van der Waals surface area contributed by atoms with E-state index in [1.807, 2.05) is 51.2 Å². The number of aromatic nitrogens is 5. The first-order valence-corrected chi connectivity index (χ1v) is 9.41. The van der Waals surface area contributed by atoms with Crippen molar-refractivity contribution in [1.82, 2.24) is 30.0 Å². The fourth-order valence-electron chi connectivity index (χ4n) is 3.64. The van der Waals surface area contributed by atoms with Gasteiger partial charge in [-0.3, -0.25) is 9.48 Å². The number of aromatic amines is 1. The van der Waals surface area contributed by atoms with Crippen LogP contribution in [0.4, 0.5) is 0 Å². The van der Waals surface area contributed by atoms with Crippen LogP contribution in [0.2, 0.25) is 0 Å². The number of hydrogen-bond donors (Lipinski definition) is 2. The molecule has 0 saturated carbocycles. The van der Waals surface area contributed by atoms with Gasteiger partial charge in [0.25, 0.3) is 5.91 Å². The third-order valence-electron chi connectivity index (χ3n) is 5.00. The summed E-state index contributed by atoms with van der Waals surface area (Å²) in [6.07, 6.45) is 0. The maximum absolute atomic E-state index is 13.3. The SMILES string of the molecule is Cc1cc(C(=O)N[C@H](c2nc3ccccc3[nH]2)C(C)C)c2c(C)nn(C)c2n1. The molecule has 3 aromatic heterocycles. The molecule has 7 nitrogen and oxygen atoms in total. The molecule has 28 heavy (non-hydrogen) atoms. The molecule has 1 aromatic carbocycles. The number of hydrogen-bond acceptors (Lipinski definition) is 4. The smallest absolute Gasteiger partial charge is 0.252 e. The van der Waals surface area contributed by atoms with Gasteiger partial charge in [0.1, 0.15) is 5.82 Å². The van der Waals surface area contributed by atoms with Gasteiger partial charge in [0.05, 0.1) is 33.7 Å². The molecule has 0 radical (unpaired) electrons. The number of rotatable bonds is 4. The fraction of sp³-hybridized carbons (Fsp3) is 0.333. The summed E-state index contributed by atoms with van der Waals surface area (Å²) in [4.78, 5) is 25.8. The summed E-state index contributed by atoms with van der Waals surface area (Å²) in [5.41, 5.74) is 4.73. The number of amides is 1. The standard InChI is InChI=1S/C21H24N6O/c1-11(2)18(19-23-15-8-6-7-9-16(15)24-19)25-21(28)14-10-12(3)22-20-17(14)13(4)26-27(20)5/h6-11,18H,1-5H3,(H,23,24)(H,25,28)/t18-/m0/s1. The lowest BCUT2D eigenvalue weighted by molar-refractivity contribution is 0.0925. The first kappa shape index (κ1) is 18.2. The lowest BCUT2D eigenvalue weighted by Gasteiger charge is -2.20. The zero-order valence-corrected chi connectivity index (χ0v) is 16.7. The minimum Gasteiger partial charge on any atom is -0.342 e. The van der Waals surface area contributed by atoms with Crippen LogP contribution in [-0.4, -0.2) is 30.6 Å². The highest BCUT2D eigenvalue weighted by Gasteiger charge is 2.25. The Hall–Kier alpha value is -3.22. The summed E-state index contributed by atoms with van der Waals surface area (Å²) in [6, 6.07) is 9.46. The summed E-state index contributed by atoms with van der Waals surface area (Å²) in [5, 5.41) is 8.39. The molecule has 0 aliphatic heterocycles. The number of H-pyrrole nitrogens is 1. The number of carbonyl (C=O) groups excluding carboxylic acids is 1. The van der Waals surface area contributed by atoms with Crippen LogP contribution < -0.4 is 5.32 Å². The van der Waals surface area contributed by atoms with Crippen LogP contribution >= 0.6 is 0 Å². The first-order valence-electron chi connectivity index (χ1n) is 9.41. The highest BCUT2D eigenvalue weighted by Crippen LogP contribution is 2.25. The molecule has 2 N–H and O–H groups in total. The van der Waals surface area contributed by atoms with Crippen LogP contribution in [-0.2, 0) is 7.05 Å². The molecule has 0 spiro atoms. The van der Waals surface area contributed by atoms with E-state index in [0.29, 0.717) is 11.2 Å². The minimum absolute atomic E-state index is 0.147. The summed E-state index contributed by atoms with van der Waals surface area (Å²) >= 11 is 0. The quantitative estimate of drug-likeness (QED) is 0.570. The average Bonchev–Trinajstić information content (AvgIpc) is 3.19. The molecule has 144 valence electrons. The Balaban J connectivity index is 1.74. The van der Waals surface area contributed by atoms with Crippen molar-refractivity contribution in [3.8, 4) is 0 Å². The van der Waals surface area contributed by atoms with E-state index >= 15 is 0 Å². The van der Waals surface area contributed by atoms with Gasteiger partial charge in [-0.2, -0.15) is 5.10 Å². The van der Waals surface area contributed by atoms with Gasteiger partial charge in [-0.05, 0) is 38.0 Å². The average molecular weight is 376 g/mol. The van der Waals surface area contributed by atoms with E-state index in [1.54, 1.807) is 4.68 Å². The number of nitrogens with one attached hydrogen (secondary N) is 2. The number of aryl methyl sites for hydroxylation is 3. The number of fused-ring (bicyclic) bond motifs is 2. The lowest BCUT2D eigenvalue weighted by atomic mass is 10.0. The number of pyridine rings is 1. The molecular weight excluding hydrogens is 352 g/mol. The third-order valence-corrected chi connectivity index (χ3v) is 5.00. The van der Waals surface area contributed by atoms with E-state index in [2.05, 4.69) is 39.2 Å². The Morgan fingerprint density at radius 2 is 1.93 bits per heavy atom. The topological polar surface area (TPSA) is 88.5 Å². The monoisotopic (exact) mass is 376 g/mol. The molecule has 3 heterocycles. The van der Waals surface area contributed by atoms with Gasteiger partial charge in [0, 0.05) is 12.7 Å². The predicted molar refractivity (Wildman–Crippen MR) is 109 cm³/mol. The van der Waals surface area contributed by atoms with E-state index in [1.165, 1.54) is 0 Å². The van der Waals surface area contributed by atoms with Gasteiger partial charge in [-0.1, -0.05) is 26.0 Å². The molecule has 0 fully saturated rings. The summed E-state index contributed by atoms with van der Waals surface area (Å²) in [7, 11) is 1.84. The van der Waals surface area contributed by atoms with Crippen LogP contribution in [0.3, 0.4) is 0 Å². The highest BCUT2D eigenvalue weighted by atomic mass is 16.1. The Morgan fingerprint density at radius 3 is 2.64 bits per heavy atom. The van der Waals surface area contributed by atoms with Gasteiger partial charge in [-0.15, -0.1) is 0 Å². The van der Waals surface area contributed by atoms with Gasteiger partial charge >= 0.3 is 0 Å². The zero-order chi connectivity index (χ0) is 20.0. The van der Waals surface area contributed by atoms with Gasteiger partial charge in [-0.25, -0.2) is 9.97 Å². The van der Waals surface area contributed by atoms with E-state index in [-0.39, 0.29) is 17.9 Å². The maximum Gasteiger partial charge on any atom is 0.252 e. The van der Waals surface area contributed by atoms with E-state index in [9.17, 15) is 4.79 Å². The molecule has 1 atom stereocenters. The molecule has 0 aliphatic rings. The van der Waals surface area contributed by atoms with Crippen LogP contribution in [0.5, 0.6) is 0 Å². The Bertz CT molecular complexity index is 1150. The maximum atomic E-state index is 13.3. The first-order chi connectivity index (χ1) is 13.3. The van der Waals surface area contributed by atoms with Crippen LogP contribution in [0.15, 0.2) is 30.3 Å². The van der Waals surface area contributed by atoms with Crippen molar-refractivity contribution in [3.05, 3.63) is 53.1 Å². The number of nitrogens with zero attached hydrogens (tertiary/aromatic N) is 4. The van der Waals surface area contributed by atoms with Gasteiger partial charge < -0.3 is 10.3 Å². The van der Waals surface area contributed by atoms with Gasteiger partial charge in [0.15, 0.2) is 5.65 Å². The van der Waals surface area contributed by atoms with Crippen molar-refractivity contribution in [1.29, 1.82) is 0 Å². The van der Waals surface area contributed by atoms with Crippen molar-refractivity contribution < 1.29 is 4.79 Å². The van der Waals surface area contributed by atoms with Crippen molar-refractivity contribution in [2.45, 2.75) is 33.7 Å². The molecular formula is C21H24N6O. The normalized spacial score (nSPS) is 12.8. The molecule has 1 amide bonds. The largest absolute Gasteiger partial charge is 0.342 e. The number of benzene rings is 1. The molecule has 0 bridgehead atoms. The second kappa shape index (κ2) is 6.74. The number of carbonyl (C=O) groups is 1. The van der Waals surface area contributed by atoms with Crippen molar-refractivity contribution >= 4 is 28.0 Å². The predicted octanol–water partition coefficient (Wildman–Crippen LogP) is 3.59. The van der Waals surface area contributed by atoms with Gasteiger partial charge in [0.2, 0.25) is 0 Å². The molecule has 4 aromatic rings. The molecule has 0 saturated heterocycles. The molecule has 7 heteroatoms. The van der Waals surface area contributed by atoms with E-state index in [0.717, 1.165) is 33.6 Å². The number of para-hydroxylation sites is 2. The lowest BCUT2D eigenvalue weighted by Crippen LogP contribution is -2.32. The Kier molecular flexibility index (Phi) is 4.37. The van der Waals surface area contributed by atoms with Crippen LogP contribution in [0.1, 0.15) is 47.5 Å². The molecule has 4 rings (SSSR count). The zero-order valence-electron chi connectivity index (χ0n) is 16.7. The van der Waals surface area contributed by atoms with Crippen molar-refractivity contribution in [3.63, 3.8) is 0 Å². The van der Waals surface area contributed by atoms with Crippen LogP contribution in [0.25, 0.3) is 22.1 Å². The van der Waals surface area contributed by atoms with Crippen LogP contribution in [0, 0.1) is 19.8 Å². The molecule has 0 unspecified atom stereocenters. The summed E-state index contributed by atoms with van der Waals surface area (Å²) in [5.74, 6) is 0.776. The highest BCUT2D eigenvalue weighted by molar-refractivity contribution is 6.06. The summed E-state index contributed by atoms with van der Waals surface area (Å²) < 4.78 is 1.72. The summed E-state index contributed by atoms with van der Waals surface area (Å²) in [6.45, 7) is 7.93. The van der Waals surface area contributed by atoms with E-state index < -0.39 is 0 Å². The number of imidazole rings is 1. The van der Waals surface area contributed by atoms with E-state index in [4.69, 9.17) is 0 Å². The second-order valence-corrected chi connectivity index (χ2v) is 7.55. The second-order valence-electron chi connectivity index (χ2n) is 7.55.